The second kappa shape index (κ2) is 5.95. The van der Waals surface area contributed by atoms with Crippen LogP contribution in [0.15, 0.2) is 22.7 Å². The van der Waals surface area contributed by atoms with Crippen molar-refractivity contribution >= 4 is 38.5 Å². The summed E-state index contributed by atoms with van der Waals surface area (Å²) >= 11 is 5.79. The van der Waals surface area contributed by atoms with Crippen molar-refractivity contribution in [3.05, 3.63) is 31.8 Å². The highest BCUT2D eigenvalue weighted by atomic mass is 127. The van der Waals surface area contributed by atoms with Crippen molar-refractivity contribution in [1.29, 1.82) is 0 Å². The van der Waals surface area contributed by atoms with Gasteiger partial charge in [-0.3, -0.25) is 0 Å². The maximum Gasteiger partial charge on any atom is 0.0216 e. The van der Waals surface area contributed by atoms with Gasteiger partial charge in [0.2, 0.25) is 0 Å². The second-order valence-electron chi connectivity index (χ2n) is 2.70. The van der Waals surface area contributed by atoms with E-state index in [-0.39, 0.29) is 0 Å². The van der Waals surface area contributed by atoms with Gasteiger partial charge in [-0.1, -0.05) is 15.9 Å². The van der Waals surface area contributed by atoms with Crippen LogP contribution in [0.4, 0.5) is 0 Å². The van der Waals surface area contributed by atoms with E-state index < -0.39 is 0 Å². The quantitative estimate of drug-likeness (QED) is 0.642. The maximum absolute atomic E-state index is 5.39. The standard InChI is InChI=1S/C9H12BrIN2/c10-8-1-2-9(11)7(5-8)6-13-4-3-12/h1-2,5,13H,3-4,6,12H2. The van der Waals surface area contributed by atoms with Gasteiger partial charge in [-0.25, -0.2) is 0 Å². The Morgan fingerprint density at radius 3 is 2.92 bits per heavy atom. The molecule has 1 aromatic carbocycles. The van der Waals surface area contributed by atoms with Gasteiger partial charge in [0.15, 0.2) is 0 Å². The minimum absolute atomic E-state index is 0.685. The molecule has 0 aliphatic heterocycles. The first-order valence-corrected chi connectivity index (χ1v) is 5.96. The molecular formula is C9H12BrIN2. The van der Waals surface area contributed by atoms with Gasteiger partial charge in [-0.15, -0.1) is 0 Å². The number of nitrogens with two attached hydrogens (primary N) is 1. The largest absolute Gasteiger partial charge is 0.329 e. The highest BCUT2D eigenvalue weighted by Gasteiger charge is 1.99. The SMILES string of the molecule is NCCNCc1cc(Br)ccc1I. The Labute approximate surface area is 101 Å². The molecule has 1 aromatic rings. The third kappa shape index (κ3) is 3.93. The summed E-state index contributed by atoms with van der Waals surface area (Å²) in [6.07, 6.45) is 0. The summed E-state index contributed by atoms with van der Waals surface area (Å²) < 4.78 is 2.41. The van der Waals surface area contributed by atoms with E-state index in [0.717, 1.165) is 17.6 Å². The second-order valence-corrected chi connectivity index (χ2v) is 4.78. The van der Waals surface area contributed by atoms with Gasteiger partial charge in [0.05, 0.1) is 0 Å². The van der Waals surface area contributed by atoms with E-state index in [4.69, 9.17) is 5.73 Å². The molecular weight excluding hydrogens is 343 g/mol. The minimum atomic E-state index is 0.685. The van der Waals surface area contributed by atoms with Gasteiger partial charge >= 0.3 is 0 Å². The molecule has 0 amide bonds. The number of benzene rings is 1. The maximum atomic E-state index is 5.39. The number of nitrogens with one attached hydrogen (secondary N) is 1. The molecule has 0 spiro atoms. The third-order valence-corrected chi connectivity index (χ3v) is 3.19. The Hall–Kier alpha value is 0.350. The molecule has 4 heteroatoms. The first-order valence-electron chi connectivity index (χ1n) is 4.08. The van der Waals surface area contributed by atoms with Crippen molar-refractivity contribution in [2.75, 3.05) is 13.1 Å². The normalized spacial score (nSPS) is 10.4. The number of rotatable bonds is 4. The van der Waals surface area contributed by atoms with Crippen LogP contribution in [-0.4, -0.2) is 13.1 Å². The molecule has 0 saturated heterocycles. The van der Waals surface area contributed by atoms with Crippen LogP contribution in [0, 0.1) is 3.57 Å². The van der Waals surface area contributed by atoms with Gasteiger partial charge in [0.1, 0.15) is 0 Å². The first-order chi connectivity index (χ1) is 6.24. The van der Waals surface area contributed by atoms with E-state index in [1.807, 2.05) is 6.07 Å². The van der Waals surface area contributed by atoms with E-state index in [1.165, 1.54) is 9.13 Å². The summed E-state index contributed by atoms with van der Waals surface area (Å²) in [5, 5.41) is 3.27. The molecule has 2 nitrogen and oxygen atoms in total. The summed E-state index contributed by atoms with van der Waals surface area (Å²) in [5.74, 6) is 0. The molecule has 0 aliphatic rings. The lowest BCUT2D eigenvalue weighted by Gasteiger charge is -2.06. The molecule has 3 N–H and O–H groups in total. The van der Waals surface area contributed by atoms with Crippen molar-refractivity contribution < 1.29 is 0 Å². The zero-order valence-electron chi connectivity index (χ0n) is 7.19. The average Bonchev–Trinajstić information content (AvgIpc) is 2.11. The van der Waals surface area contributed by atoms with Gasteiger partial charge in [0.25, 0.3) is 0 Å². The highest BCUT2D eigenvalue weighted by Crippen LogP contribution is 2.17. The summed E-state index contributed by atoms with van der Waals surface area (Å²) in [6.45, 7) is 2.43. The van der Waals surface area contributed by atoms with Crippen LogP contribution >= 0.6 is 38.5 Å². The molecule has 0 saturated carbocycles. The number of hydrogen-bond donors (Lipinski definition) is 2. The highest BCUT2D eigenvalue weighted by molar-refractivity contribution is 14.1. The predicted molar refractivity (Wildman–Crippen MR) is 67.6 cm³/mol. The lowest BCUT2D eigenvalue weighted by Crippen LogP contribution is -2.22. The van der Waals surface area contributed by atoms with Gasteiger partial charge in [-0.2, -0.15) is 0 Å². The molecule has 0 heterocycles. The summed E-state index contributed by atoms with van der Waals surface area (Å²) in [5.41, 5.74) is 6.70. The zero-order chi connectivity index (χ0) is 9.68. The molecule has 13 heavy (non-hydrogen) atoms. The molecule has 1 rings (SSSR count). The molecule has 72 valence electrons. The molecule has 0 aromatic heterocycles. The molecule has 0 atom stereocenters. The Balaban J connectivity index is 2.59. The fourth-order valence-corrected chi connectivity index (χ4v) is 1.94. The van der Waals surface area contributed by atoms with Crippen LogP contribution in [0.2, 0.25) is 0 Å². The molecule has 0 unspecified atom stereocenters. The van der Waals surface area contributed by atoms with Crippen LogP contribution < -0.4 is 11.1 Å². The number of halogens is 2. The summed E-state index contributed by atoms with van der Waals surface area (Å²) in [6, 6.07) is 6.28. The van der Waals surface area contributed by atoms with E-state index in [0.29, 0.717) is 6.54 Å². The van der Waals surface area contributed by atoms with E-state index in [9.17, 15) is 0 Å². The van der Waals surface area contributed by atoms with E-state index in [2.05, 4.69) is 56.0 Å². The van der Waals surface area contributed by atoms with Crippen molar-refractivity contribution in [2.45, 2.75) is 6.54 Å². The van der Waals surface area contributed by atoms with Crippen LogP contribution in [0.25, 0.3) is 0 Å². The monoisotopic (exact) mass is 354 g/mol. The van der Waals surface area contributed by atoms with Gasteiger partial charge < -0.3 is 11.1 Å². The van der Waals surface area contributed by atoms with Crippen molar-refractivity contribution in [3.63, 3.8) is 0 Å². The Kier molecular flexibility index (Phi) is 5.23. The van der Waals surface area contributed by atoms with Crippen LogP contribution in [-0.2, 0) is 6.54 Å². The minimum Gasteiger partial charge on any atom is -0.329 e. The predicted octanol–water partition coefficient (Wildman–Crippen LogP) is 2.10. The van der Waals surface area contributed by atoms with Crippen LogP contribution in [0.3, 0.4) is 0 Å². The van der Waals surface area contributed by atoms with E-state index in [1.54, 1.807) is 0 Å². The smallest absolute Gasteiger partial charge is 0.0216 e. The van der Waals surface area contributed by atoms with Crippen LogP contribution in [0.5, 0.6) is 0 Å². The fourth-order valence-electron chi connectivity index (χ4n) is 1.00. The summed E-state index contributed by atoms with van der Waals surface area (Å²) in [4.78, 5) is 0. The average molecular weight is 355 g/mol. The van der Waals surface area contributed by atoms with Crippen molar-refractivity contribution in [3.8, 4) is 0 Å². The topological polar surface area (TPSA) is 38.0 Å². The molecule has 0 radical (unpaired) electrons. The molecule has 0 fully saturated rings. The Morgan fingerprint density at radius 1 is 1.46 bits per heavy atom. The van der Waals surface area contributed by atoms with Crippen molar-refractivity contribution in [1.82, 2.24) is 5.32 Å². The van der Waals surface area contributed by atoms with Crippen LogP contribution in [0.1, 0.15) is 5.56 Å². The lowest BCUT2D eigenvalue weighted by molar-refractivity contribution is 0.693. The van der Waals surface area contributed by atoms with Crippen molar-refractivity contribution in [2.24, 2.45) is 5.73 Å². The van der Waals surface area contributed by atoms with Gasteiger partial charge in [0, 0.05) is 27.7 Å². The number of hydrogen-bond acceptors (Lipinski definition) is 2. The fraction of sp³-hybridized carbons (Fsp3) is 0.333. The molecule has 0 aliphatic carbocycles. The first kappa shape index (κ1) is 11.4. The lowest BCUT2D eigenvalue weighted by atomic mass is 10.2. The van der Waals surface area contributed by atoms with Gasteiger partial charge in [-0.05, 0) is 46.4 Å². The zero-order valence-corrected chi connectivity index (χ0v) is 10.9. The summed E-state index contributed by atoms with van der Waals surface area (Å²) in [7, 11) is 0. The van der Waals surface area contributed by atoms with E-state index >= 15 is 0 Å². The third-order valence-electron chi connectivity index (χ3n) is 1.64. The Morgan fingerprint density at radius 2 is 2.23 bits per heavy atom. The Bertz CT molecular complexity index is 278. The molecule has 0 bridgehead atoms.